The Hall–Kier alpha value is -2.94. The van der Waals surface area contributed by atoms with Crippen molar-refractivity contribution in [1.82, 2.24) is 20.2 Å². The van der Waals surface area contributed by atoms with Crippen LogP contribution >= 0.6 is 23.2 Å². The summed E-state index contributed by atoms with van der Waals surface area (Å²) in [5, 5.41) is 16.1. The average molecular weight is 476 g/mol. The number of nitrogens with zero attached hydrogens (tertiary/aromatic N) is 3. The molecule has 32 heavy (non-hydrogen) atoms. The number of nitrogens with one attached hydrogen (secondary N) is 2. The molecule has 0 radical (unpaired) electrons. The summed E-state index contributed by atoms with van der Waals surface area (Å²) in [4.78, 5) is 23.3. The van der Waals surface area contributed by atoms with Gasteiger partial charge < -0.3 is 20.6 Å². The number of urea groups is 1. The van der Waals surface area contributed by atoms with Crippen molar-refractivity contribution in [1.29, 1.82) is 0 Å². The number of carbonyl (C=O) groups excluding carboxylic acids is 1. The third-order valence-electron chi connectivity index (χ3n) is 5.18. The summed E-state index contributed by atoms with van der Waals surface area (Å²) in [5.41, 5.74) is 2.78. The average Bonchev–Trinajstić information content (AvgIpc) is 2.80. The summed E-state index contributed by atoms with van der Waals surface area (Å²) in [6.07, 6.45) is 2.33. The number of hydrogen-bond donors (Lipinski definition) is 3. The molecule has 0 bridgehead atoms. The summed E-state index contributed by atoms with van der Waals surface area (Å²) < 4.78 is 13.8. The van der Waals surface area contributed by atoms with Gasteiger partial charge in [-0.05, 0) is 41.8 Å². The number of rotatable bonds is 5. The lowest BCUT2D eigenvalue weighted by Crippen LogP contribution is -2.45. The van der Waals surface area contributed by atoms with Crippen LogP contribution in [-0.2, 0) is 13.0 Å². The molecule has 10 heteroatoms. The topological polar surface area (TPSA) is 90.4 Å². The van der Waals surface area contributed by atoms with E-state index in [4.69, 9.17) is 23.2 Å². The van der Waals surface area contributed by atoms with E-state index >= 15 is 0 Å². The van der Waals surface area contributed by atoms with Crippen molar-refractivity contribution in [2.75, 3.05) is 18.5 Å². The van der Waals surface area contributed by atoms with Crippen molar-refractivity contribution in [2.24, 2.45) is 0 Å². The molecule has 7 nitrogen and oxygen atoms in total. The van der Waals surface area contributed by atoms with E-state index in [2.05, 4.69) is 20.6 Å². The van der Waals surface area contributed by atoms with Crippen LogP contribution in [0.4, 0.5) is 20.8 Å². The summed E-state index contributed by atoms with van der Waals surface area (Å²) in [6.45, 7) is 0.353. The molecule has 1 atom stereocenters. The first-order valence-corrected chi connectivity index (χ1v) is 10.7. The minimum atomic E-state index is -0.765. The Morgan fingerprint density at radius 2 is 2.03 bits per heavy atom. The Morgan fingerprint density at radius 3 is 2.78 bits per heavy atom. The third-order valence-corrected chi connectivity index (χ3v) is 5.82. The summed E-state index contributed by atoms with van der Waals surface area (Å²) >= 11 is 11.9. The van der Waals surface area contributed by atoms with E-state index in [1.54, 1.807) is 23.2 Å². The van der Waals surface area contributed by atoms with Crippen molar-refractivity contribution in [3.05, 3.63) is 81.3 Å². The fourth-order valence-corrected chi connectivity index (χ4v) is 3.72. The SMILES string of the molecule is O=C(NC(CO)c1ccc(Cl)c(F)c1)N1CCc2cnc(Nc3ccccc3Cl)nc2C1. The van der Waals surface area contributed by atoms with E-state index in [1.807, 2.05) is 18.2 Å². The summed E-state index contributed by atoms with van der Waals surface area (Å²) in [5.74, 6) is -0.233. The van der Waals surface area contributed by atoms with Gasteiger partial charge in [0.25, 0.3) is 0 Å². The highest BCUT2D eigenvalue weighted by Gasteiger charge is 2.25. The number of aromatic nitrogens is 2. The monoisotopic (exact) mass is 475 g/mol. The number of carbonyl (C=O) groups is 1. The molecule has 2 aromatic carbocycles. The van der Waals surface area contributed by atoms with E-state index in [1.165, 1.54) is 12.1 Å². The number of aliphatic hydroxyl groups excluding tert-OH is 1. The fraction of sp³-hybridized carbons (Fsp3) is 0.227. The molecule has 3 aromatic rings. The molecule has 3 N–H and O–H groups in total. The molecule has 0 aliphatic carbocycles. The molecule has 1 aromatic heterocycles. The maximum absolute atomic E-state index is 13.8. The second-order valence-corrected chi connectivity index (χ2v) is 8.11. The number of halogens is 3. The van der Waals surface area contributed by atoms with Gasteiger partial charge in [0.1, 0.15) is 5.82 Å². The Morgan fingerprint density at radius 1 is 1.22 bits per heavy atom. The van der Waals surface area contributed by atoms with Crippen molar-refractivity contribution in [3.63, 3.8) is 0 Å². The molecular weight excluding hydrogens is 456 g/mol. The van der Waals surface area contributed by atoms with E-state index < -0.39 is 11.9 Å². The summed E-state index contributed by atoms with van der Waals surface area (Å²) in [7, 11) is 0. The zero-order valence-electron chi connectivity index (χ0n) is 16.9. The molecule has 0 saturated heterocycles. The van der Waals surface area contributed by atoms with Gasteiger partial charge >= 0.3 is 6.03 Å². The molecule has 1 aliphatic heterocycles. The van der Waals surface area contributed by atoms with Gasteiger partial charge in [0.05, 0.1) is 40.6 Å². The van der Waals surface area contributed by atoms with Gasteiger partial charge in [-0.2, -0.15) is 0 Å². The molecule has 2 amide bonds. The number of amides is 2. The van der Waals surface area contributed by atoms with Crippen molar-refractivity contribution in [3.8, 4) is 0 Å². The van der Waals surface area contributed by atoms with Crippen LogP contribution in [0.3, 0.4) is 0 Å². The maximum atomic E-state index is 13.8. The first kappa shape index (κ1) is 22.3. The Bertz CT molecular complexity index is 1150. The van der Waals surface area contributed by atoms with Crippen LogP contribution in [-0.4, -0.2) is 39.2 Å². The number of anilines is 2. The highest BCUT2D eigenvalue weighted by atomic mass is 35.5. The Labute approximate surface area is 194 Å². The second-order valence-electron chi connectivity index (χ2n) is 7.30. The van der Waals surface area contributed by atoms with E-state index in [0.29, 0.717) is 40.9 Å². The molecule has 0 fully saturated rings. The number of fused-ring (bicyclic) bond motifs is 1. The van der Waals surface area contributed by atoms with Crippen molar-refractivity contribution in [2.45, 2.75) is 19.0 Å². The highest BCUT2D eigenvalue weighted by molar-refractivity contribution is 6.33. The molecular formula is C22H20Cl2FN5O2. The predicted molar refractivity (Wildman–Crippen MR) is 121 cm³/mol. The molecule has 0 saturated carbocycles. The number of para-hydroxylation sites is 1. The first-order chi connectivity index (χ1) is 15.4. The molecule has 2 heterocycles. The lowest BCUT2D eigenvalue weighted by Gasteiger charge is -2.30. The van der Waals surface area contributed by atoms with Crippen LogP contribution < -0.4 is 10.6 Å². The van der Waals surface area contributed by atoms with E-state index in [-0.39, 0.29) is 24.2 Å². The van der Waals surface area contributed by atoms with Crippen molar-refractivity contribution < 1.29 is 14.3 Å². The Balaban J connectivity index is 1.46. The lowest BCUT2D eigenvalue weighted by molar-refractivity contribution is 0.176. The van der Waals surface area contributed by atoms with Gasteiger partial charge in [0.15, 0.2) is 0 Å². The highest BCUT2D eigenvalue weighted by Crippen LogP contribution is 2.25. The predicted octanol–water partition coefficient (Wildman–Crippen LogP) is 4.47. The first-order valence-electron chi connectivity index (χ1n) is 9.92. The van der Waals surface area contributed by atoms with Crippen molar-refractivity contribution >= 4 is 40.9 Å². The van der Waals surface area contributed by atoms with Gasteiger partial charge in [-0.3, -0.25) is 0 Å². The molecule has 166 valence electrons. The standard InChI is InChI=1S/C22H20Cl2FN5O2/c23-15-6-5-13(9-17(15)25)20(12-31)29-22(32)30-8-7-14-10-26-21(28-19(14)11-30)27-18-4-2-1-3-16(18)24/h1-6,9-10,20,31H,7-8,11-12H2,(H,29,32)(H,26,27,28). The van der Waals surface area contributed by atoms with Crippen LogP contribution in [0.5, 0.6) is 0 Å². The second kappa shape index (κ2) is 9.68. The number of benzene rings is 2. The zero-order valence-corrected chi connectivity index (χ0v) is 18.4. The van der Waals surface area contributed by atoms with E-state index in [0.717, 1.165) is 5.56 Å². The zero-order chi connectivity index (χ0) is 22.7. The minimum absolute atomic E-state index is 0.0229. The van der Waals surface area contributed by atoms with Gasteiger partial charge in [-0.15, -0.1) is 0 Å². The van der Waals surface area contributed by atoms with Gasteiger partial charge in [0, 0.05) is 12.7 Å². The van der Waals surface area contributed by atoms with Gasteiger partial charge in [0.2, 0.25) is 5.95 Å². The molecule has 0 spiro atoms. The smallest absolute Gasteiger partial charge is 0.318 e. The third kappa shape index (κ3) is 4.93. The molecule has 4 rings (SSSR count). The maximum Gasteiger partial charge on any atom is 0.318 e. The quantitative estimate of drug-likeness (QED) is 0.506. The van der Waals surface area contributed by atoms with E-state index in [9.17, 15) is 14.3 Å². The normalized spacial score (nSPS) is 13.9. The van der Waals surface area contributed by atoms with Crippen LogP contribution in [0.1, 0.15) is 22.9 Å². The fourth-order valence-electron chi connectivity index (χ4n) is 3.42. The summed E-state index contributed by atoms with van der Waals surface area (Å²) in [6, 6.07) is 10.3. The lowest BCUT2D eigenvalue weighted by atomic mass is 10.1. The minimum Gasteiger partial charge on any atom is -0.394 e. The molecule has 1 aliphatic rings. The van der Waals surface area contributed by atoms with Crippen LogP contribution in [0.2, 0.25) is 10.0 Å². The number of hydrogen-bond acceptors (Lipinski definition) is 5. The molecule has 1 unspecified atom stereocenters. The van der Waals surface area contributed by atoms with Crippen LogP contribution in [0.25, 0.3) is 0 Å². The van der Waals surface area contributed by atoms with Crippen LogP contribution in [0, 0.1) is 5.82 Å². The number of aliphatic hydroxyl groups is 1. The van der Waals surface area contributed by atoms with Crippen LogP contribution in [0.15, 0.2) is 48.7 Å². The van der Waals surface area contributed by atoms with Gasteiger partial charge in [-0.25, -0.2) is 19.2 Å². The largest absolute Gasteiger partial charge is 0.394 e. The van der Waals surface area contributed by atoms with Gasteiger partial charge in [-0.1, -0.05) is 41.4 Å². The Kier molecular flexibility index (Phi) is 6.74.